The first-order valence-electron chi connectivity index (χ1n) is 18.9. The van der Waals surface area contributed by atoms with Crippen LogP contribution in [-0.4, -0.2) is 31.6 Å². The van der Waals surface area contributed by atoms with Gasteiger partial charge in [0.25, 0.3) is 0 Å². The Morgan fingerprint density at radius 1 is 0.429 bits per heavy atom. The van der Waals surface area contributed by atoms with Gasteiger partial charge >= 0.3 is 0 Å². The summed E-state index contributed by atoms with van der Waals surface area (Å²) in [4.78, 5) is 25.2. The number of carbonyl (C=O) groups excluding carboxylic acids is 2. The van der Waals surface area contributed by atoms with Crippen LogP contribution in [0, 0.1) is 0 Å². The molecule has 0 atom stereocenters. The van der Waals surface area contributed by atoms with Crippen LogP contribution in [0.4, 0.5) is 0 Å². The second kappa shape index (κ2) is 34.4. The summed E-state index contributed by atoms with van der Waals surface area (Å²) in [5, 5.41) is 9.37. The van der Waals surface area contributed by atoms with Gasteiger partial charge in [-0.2, -0.15) is 0 Å². The van der Waals surface area contributed by atoms with Gasteiger partial charge in [0.2, 0.25) is 11.8 Å². The fourth-order valence-electron chi connectivity index (χ4n) is 5.80. The van der Waals surface area contributed by atoms with Gasteiger partial charge in [0.15, 0.2) is 0 Å². The van der Waals surface area contributed by atoms with Crippen molar-refractivity contribution < 1.29 is 9.59 Å². The average molecular weight is 594 g/mol. The molecule has 0 saturated carbocycles. The maximum absolute atomic E-state index is 12.6. The molecule has 0 aromatic carbocycles. The summed E-state index contributed by atoms with van der Waals surface area (Å²) in [5.41, 5.74) is 0. The topological polar surface area (TPSA) is 70.2 Å². The van der Waals surface area contributed by atoms with Crippen LogP contribution in [0.15, 0.2) is 0 Å². The van der Waals surface area contributed by atoms with Gasteiger partial charge in [-0.05, 0) is 39.3 Å². The van der Waals surface area contributed by atoms with Crippen LogP contribution in [0.1, 0.15) is 206 Å². The number of rotatable bonds is 34. The first-order valence-corrected chi connectivity index (χ1v) is 18.9. The molecule has 0 aliphatic rings. The number of unbranched alkanes of at least 4 members (excludes halogenated alkanes) is 24. The molecule has 0 rings (SSSR count). The molecule has 3 N–H and O–H groups in total. The largest absolute Gasteiger partial charge is 0.336 e. The molecule has 5 nitrogen and oxygen atoms in total. The first-order chi connectivity index (χ1) is 20.6. The molecular formula is C37H75N3O2. The summed E-state index contributed by atoms with van der Waals surface area (Å²) in [7, 11) is 1.94. The summed E-state index contributed by atoms with van der Waals surface area (Å²) in [6.45, 7) is 5.44. The number of nitrogens with one attached hydrogen (secondary N) is 3. The van der Waals surface area contributed by atoms with Crippen molar-refractivity contribution >= 4 is 11.8 Å². The van der Waals surface area contributed by atoms with E-state index in [2.05, 4.69) is 29.8 Å². The lowest BCUT2D eigenvalue weighted by Gasteiger charge is -2.20. The third-order valence-electron chi connectivity index (χ3n) is 8.60. The van der Waals surface area contributed by atoms with Crippen LogP contribution in [0.2, 0.25) is 0 Å². The van der Waals surface area contributed by atoms with Crippen LogP contribution in [-0.2, 0) is 9.59 Å². The summed E-state index contributed by atoms with van der Waals surface area (Å²) < 4.78 is 0. The highest BCUT2D eigenvalue weighted by Gasteiger charge is 2.14. The quantitative estimate of drug-likeness (QED) is 0.0513. The zero-order valence-corrected chi connectivity index (χ0v) is 28.8. The molecule has 0 spiro atoms. The average Bonchev–Trinajstić information content (AvgIpc) is 2.98. The highest BCUT2D eigenvalue weighted by Crippen LogP contribution is 2.14. The maximum atomic E-state index is 12.6. The molecule has 0 heterocycles. The molecule has 42 heavy (non-hydrogen) atoms. The van der Waals surface area contributed by atoms with E-state index >= 15 is 0 Å². The Hall–Kier alpha value is -1.10. The van der Waals surface area contributed by atoms with Crippen molar-refractivity contribution in [2.45, 2.75) is 213 Å². The van der Waals surface area contributed by atoms with E-state index < -0.39 is 0 Å². The molecule has 0 aliphatic carbocycles. The summed E-state index contributed by atoms with van der Waals surface area (Å²) in [6.07, 6.45) is 36.6. The molecule has 250 valence electrons. The third kappa shape index (κ3) is 31.8. The van der Waals surface area contributed by atoms with Gasteiger partial charge in [-0.3, -0.25) is 9.59 Å². The van der Waals surface area contributed by atoms with Crippen molar-refractivity contribution in [1.29, 1.82) is 0 Å². The molecule has 0 aromatic rings. The zero-order valence-electron chi connectivity index (χ0n) is 28.8. The highest BCUT2D eigenvalue weighted by molar-refractivity contribution is 5.79. The molecule has 0 aromatic heterocycles. The standard InChI is InChI=1S/C37H75N3O2/c1-4-6-8-10-12-14-16-18-20-22-24-26-28-32-36(41)39-35(31-30-34-38-3)40-37(42)33-29-27-25-23-21-19-17-15-13-11-9-7-5-2/h35,38H,4-34H2,1-3H3,(H,39,41)(H,40,42). The van der Waals surface area contributed by atoms with Crippen molar-refractivity contribution in [3.63, 3.8) is 0 Å². The lowest BCUT2D eigenvalue weighted by molar-refractivity contribution is -0.124. The van der Waals surface area contributed by atoms with Crippen LogP contribution in [0.3, 0.4) is 0 Å². The van der Waals surface area contributed by atoms with Gasteiger partial charge in [-0.25, -0.2) is 0 Å². The van der Waals surface area contributed by atoms with Crippen molar-refractivity contribution in [3.05, 3.63) is 0 Å². The normalized spacial score (nSPS) is 11.3. The van der Waals surface area contributed by atoms with E-state index in [0.717, 1.165) is 45.1 Å². The minimum atomic E-state index is -0.248. The van der Waals surface area contributed by atoms with Crippen molar-refractivity contribution in [2.75, 3.05) is 13.6 Å². The summed E-state index contributed by atoms with van der Waals surface area (Å²) in [5.74, 6) is 0.155. The van der Waals surface area contributed by atoms with E-state index in [9.17, 15) is 9.59 Å². The van der Waals surface area contributed by atoms with Gasteiger partial charge in [0.1, 0.15) is 6.17 Å². The Balaban J connectivity index is 3.83. The Labute approximate surface area is 263 Å². The summed E-state index contributed by atoms with van der Waals surface area (Å²) in [6, 6.07) is 0. The zero-order chi connectivity index (χ0) is 30.8. The number of hydrogen-bond acceptors (Lipinski definition) is 3. The van der Waals surface area contributed by atoms with Crippen molar-refractivity contribution in [2.24, 2.45) is 0 Å². The molecule has 0 unspecified atom stereocenters. The monoisotopic (exact) mass is 594 g/mol. The van der Waals surface area contributed by atoms with Crippen LogP contribution >= 0.6 is 0 Å². The van der Waals surface area contributed by atoms with E-state index in [1.165, 1.54) is 141 Å². The Kier molecular flexibility index (Phi) is 33.5. The van der Waals surface area contributed by atoms with Crippen LogP contribution in [0.25, 0.3) is 0 Å². The van der Waals surface area contributed by atoms with Crippen molar-refractivity contribution in [1.82, 2.24) is 16.0 Å². The fourth-order valence-corrected chi connectivity index (χ4v) is 5.80. The second-order valence-electron chi connectivity index (χ2n) is 12.9. The van der Waals surface area contributed by atoms with Gasteiger partial charge in [-0.1, -0.05) is 168 Å². The molecule has 0 bridgehead atoms. The highest BCUT2D eigenvalue weighted by atomic mass is 16.2. The second-order valence-corrected chi connectivity index (χ2v) is 12.9. The van der Waals surface area contributed by atoms with Crippen LogP contribution < -0.4 is 16.0 Å². The Morgan fingerprint density at radius 3 is 1.00 bits per heavy atom. The molecule has 5 heteroatoms. The smallest absolute Gasteiger partial charge is 0.221 e. The number of carbonyl (C=O) groups is 2. The molecule has 0 saturated heterocycles. The van der Waals surface area contributed by atoms with Crippen LogP contribution in [0.5, 0.6) is 0 Å². The van der Waals surface area contributed by atoms with Gasteiger partial charge in [0, 0.05) is 12.8 Å². The molecule has 0 radical (unpaired) electrons. The molecule has 0 aliphatic heterocycles. The van der Waals surface area contributed by atoms with E-state index in [4.69, 9.17) is 0 Å². The lowest BCUT2D eigenvalue weighted by atomic mass is 10.0. The number of hydrogen-bond donors (Lipinski definition) is 3. The molecular weight excluding hydrogens is 518 g/mol. The minimum absolute atomic E-state index is 0.0776. The van der Waals surface area contributed by atoms with Gasteiger partial charge in [-0.15, -0.1) is 0 Å². The Bertz CT molecular complexity index is 525. The lowest BCUT2D eigenvalue weighted by Crippen LogP contribution is -2.48. The maximum Gasteiger partial charge on any atom is 0.221 e. The van der Waals surface area contributed by atoms with Crippen molar-refractivity contribution in [3.8, 4) is 0 Å². The first kappa shape index (κ1) is 40.9. The van der Waals surface area contributed by atoms with Gasteiger partial charge in [0.05, 0.1) is 0 Å². The molecule has 2 amide bonds. The number of amides is 2. The Morgan fingerprint density at radius 2 is 0.714 bits per heavy atom. The van der Waals surface area contributed by atoms with E-state index in [0.29, 0.717) is 12.8 Å². The summed E-state index contributed by atoms with van der Waals surface area (Å²) >= 11 is 0. The predicted molar refractivity (Wildman–Crippen MR) is 184 cm³/mol. The molecule has 0 fully saturated rings. The third-order valence-corrected chi connectivity index (χ3v) is 8.60. The minimum Gasteiger partial charge on any atom is -0.336 e. The van der Waals surface area contributed by atoms with E-state index in [1.54, 1.807) is 0 Å². The van der Waals surface area contributed by atoms with E-state index in [1.807, 2.05) is 7.05 Å². The van der Waals surface area contributed by atoms with Gasteiger partial charge < -0.3 is 16.0 Å². The SMILES string of the molecule is CCCCCCCCCCCCCCCC(=O)NC(CCCNC)NC(=O)CCCCCCCCCCCCCCC. The van der Waals surface area contributed by atoms with E-state index in [-0.39, 0.29) is 18.0 Å². The fraction of sp³-hybridized carbons (Fsp3) is 0.946. The predicted octanol–water partition coefficient (Wildman–Crippen LogP) is 10.5.